The Bertz CT molecular complexity index is 878. The first-order valence-electron chi connectivity index (χ1n) is 9.23. The monoisotopic (exact) mass is 365 g/mol. The molecule has 1 fully saturated rings. The third-order valence-electron chi connectivity index (χ3n) is 4.98. The minimum Gasteiger partial charge on any atom is -0.467 e. The van der Waals surface area contributed by atoms with Gasteiger partial charge in [-0.3, -0.25) is 0 Å². The van der Waals surface area contributed by atoms with Crippen molar-refractivity contribution in [2.24, 2.45) is 0 Å². The van der Waals surface area contributed by atoms with Crippen molar-refractivity contribution in [3.8, 4) is 11.3 Å². The standard InChI is InChI=1S/C20H23N5O2/c1-15-4-6-16(7-5-15)19-14-25(23-22-19)17-8-10-24(11-9-17)20(26)21-13-18-3-2-12-27-18/h2-7,12,14,17H,8-11,13H2,1H3,(H,21,26). The Hall–Kier alpha value is -3.09. The number of piperidine rings is 1. The van der Waals surface area contributed by atoms with Crippen LogP contribution in [-0.4, -0.2) is 39.0 Å². The molecule has 0 radical (unpaired) electrons. The highest BCUT2D eigenvalue weighted by molar-refractivity contribution is 5.74. The number of hydrogen-bond donors (Lipinski definition) is 1. The molecule has 1 saturated heterocycles. The molecule has 27 heavy (non-hydrogen) atoms. The Morgan fingerprint density at radius 3 is 2.70 bits per heavy atom. The topological polar surface area (TPSA) is 76.2 Å². The average Bonchev–Trinajstić information content (AvgIpc) is 3.39. The largest absolute Gasteiger partial charge is 0.467 e. The molecular weight excluding hydrogens is 342 g/mol. The SMILES string of the molecule is Cc1ccc(-c2cn(C3CCN(C(=O)NCc4ccco4)CC3)nn2)cc1. The molecule has 0 spiro atoms. The minimum absolute atomic E-state index is 0.0521. The maximum Gasteiger partial charge on any atom is 0.317 e. The van der Waals surface area contributed by atoms with Crippen LogP contribution in [0.25, 0.3) is 11.3 Å². The van der Waals surface area contributed by atoms with Crippen LogP contribution in [0.2, 0.25) is 0 Å². The fourth-order valence-corrected chi connectivity index (χ4v) is 3.33. The summed E-state index contributed by atoms with van der Waals surface area (Å²) in [5, 5.41) is 11.5. The number of carbonyl (C=O) groups excluding carboxylic acids is 1. The molecule has 0 unspecified atom stereocenters. The molecule has 1 aliphatic heterocycles. The van der Waals surface area contributed by atoms with Crippen LogP contribution < -0.4 is 5.32 Å². The van der Waals surface area contributed by atoms with Crippen LogP contribution in [0.5, 0.6) is 0 Å². The van der Waals surface area contributed by atoms with Gasteiger partial charge in [-0.2, -0.15) is 0 Å². The summed E-state index contributed by atoms with van der Waals surface area (Å²) in [4.78, 5) is 14.1. The first-order valence-corrected chi connectivity index (χ1v) is 9.23. The maximum atomic E-state index is 12.3. The molecular formula is C20H23N5O2. The van der Waals surface area contributed by atoms with Crippen LogP contribution in [0.4, 0.5) is 4.79 Å². The molecule has 140 valence electrons. The van der Waals surface area contributed by atoms with Gasteiger partial charge in [0.25, 0.3) is 0 Å². The lowest BCUT2D eigenvalue weighted by Gasteiger charge is -2.31. The first-order chi connectivity index (χ1) is 13.2. The summed E-state index contributed by atoms with van der Waals surface area (Å²) in [5.74, 6) is 0.754. The molecule has 0 saturated carbocycles. The van der Waals surface area contributed by atoms with Crippen LogP contribution in [0.15, 0.2) is 53.3 Å². The summed E-state index contributed by atoms with van der Waals surface area (Å²) >= 11 is 0. The van der Waals surface area contributed by atoms with Crippen LogP contribution >= 0.6 is 0 Å². The number of likely N-dealkylation sites (tertiary alicyclic amines) is 1. The Morgan fingerprint density at radius 2 is 2.00 bits per heavy atom. The van der Waals surface area contributed by atoms with Crippen LogP contribution in [0.1, 0.15) is 30.2 Å². The molecule has 1 N–H and O–H groups in total. The van der Waals surface area contributed by atoms with Crippen molar-refractivity contribution >= 4 is 6.03 Å². The minimum atomic E-state index is -0.0521. The highest BCUT2D eigenvalue weighted by Crippen LogP contribution is 2.24. The molecule has 2 aromatic heterocycles. The summed E-state index contributed by atoms with van der Waals surface area (Å²) in [6, 6.07) is 12.2. The van der Waals surface area contributed by atoms with Crippen LogP contribution in [0, 0.1) is 6.92 Å². The highest BCUT2D eigenvalue weighted by atomic mass is 16.3. The van der Waals surface area contributed by atoms with Crippen LogP contribution in [0.3, 0.4) is 0 Å². The number of carbonyl (C=O) groups is 1. The molecule has 1 aromatic carbocycles. The molecule has 4 rings (SSSR count). The van der Waals surface area contributed by atoms with Crippen molar-refractivity contribution in [1.82, 2.24) is 25.2 Å². The smallest absolute Gasteiger partial charge is 0.317 e. The van der Waals surface area contributed by atoms with E-state index in [0.29, 0.717) is 19.6 Å². The Morgan fingerprint density at radius 1 is 1.22 bits per heavy atom. The summed E-state index contributed by atoms with van der Waals surface area (Å²) in [5.41, 5.74) is 3.18. The van der Waals surface area contributed by atoms with Crippen molar-refractivity contribution in [3.63, 3.8) is 0 Å². The molecule has 1 aliphatic rings. The lowest BCUT2D eigenvalue weighted by Crippen LogP contribution is -2.44. The summed E-state index contributed by atoms with van der Waals surface area (Å²) in [6.07, 6.45) is 5.34. The van der Waals surface area contributed by atoms with Crippen molar-refractivity contribution in [2.75, 3.05) is 13.1 Å². The van der Waals surface area contributed by atoms with E-state index < -0.39 is 0 Å². The third kappa shape index (κ3) is 4.02. The van der Waals surface area contributed by atoms with Gasteiger partial charge < -0.3 is 14.6 Å². The van der Waals surface area contributed by atoms with Gasteiger partial charge in [-0.15, -0.1) is 5.10 Å². The van der Waals surface area contributed by atoms with Crippen molar-refractivity contribution in [1.29, 1.82) is 0 Å². The third-order valence-corrected chi connectivity index (χ3v) is 4.98. The molecule has 2 amide bonds. The average molecular weight is 365 g/mol. The Balaban J connectivity index is 1.31. The van der Waals surface area contributed by atoms with Crippen molar-refractivity contribution in [2.45, 2.75) is 32.4 Å². The molecule has 3 heterocycles. The van der Waals surface area contributed by atoms with Gasteiger partial charge >= 0.3 is 6.03 Å². The van der Waals surface area contributed by atoms with E-state index in [9.17, 15) is 4.79 Å². The van der Waals surface area contributed by atoms with Gasteiger partial charge in [0.1, 0.15) is 11.5 Å². The number of urea groups is 1. The normalized spacial score (nSPS) is 15.1. The number of nitrogens with one attached hydrogen (secondary N) is 1. The van der Waals surface area contributed by atoms with E-state index in [1.807, 2.05) is 27.9 Å². The van der Waals surface area contributed by atoms with Gasteiger partial charge in [-0.05, 0) is 31.9 Å². The number of hydrogen-bond acceptors (Lipinski definition) is 4. The Kier molecular flexibility index (Phi) is 4.91. The zero-order valence-corrected chi connectivity index (χ0v) is 15.3. The van der Waals surface area contributed by atoms with E-state index in [1.54, 1.807) is 6.26 Å². The summed E-state index contributed by atoms with van der Waals surface area (Å²) in [6.45, 7) is 3.89. The van der Waals surface area contributed by atoms with E-state index in [0.717, 1.165) is 29.9 Å². The second-order valence-corrected chi connectivity index (χ2v) is 6.91. The highest BCUT2D eigenvalue weighted by Gasteiger charge is 2.24. The number of amides is 2. The predicted molar refractivity (Wildman–Crippen MR) is 101 cm³/mol. The van der Waals surface area contributed by atoms with E-state index in [-0.39, 0.29) is 12.1 Å². The van der Waals surface area contributed by atoms with E-state index in [4.69, 9.17) is 4.42 Å². The maximum absolute atomic E-state index is 12.3. The van der Waals surface area contributed by atoms with E-state index >= 15 is 0 Å². The van der Waals surface area contributed by atoms with Gasteiger partial charge in [-0.1, -0.05) is 35.0 Å². The van der Waals surface area contributed by atoms with Gasteiger partial charge in [0.15, 0.2) is 0 Å². The number of furan rings is 1. The second kappa shape index (κ2) is 7.65. The fourth-order valence-electron chi connectivity index (χ4n) is 3.33. The zero-order chi connectivity index (χ0) is 18.6. The van der Waals surface area contributed by atoms with Gasteiger partial charge in [-0.25, -0.2) is 9.48 Å². The zero-order valence-electron chi connectivity index (χ0n) is 15.3. The van der Waals surface area contributed by atoms with Gasteiger partial charge in [0, 0.05) is 18.7 Å². The molecule has 7 heteroatoms. The molecule has 0 bridgehead atoms. The van der Waals surface area contributed by atoms with Crippen molar-refractivity contribution in [3.05, 3.63) is 60.2 Å². The summed E-state index contributed by atoms with van der Waals surface area (Å²) < 4.78 is 7.18. The second-order valence-electron chi connectivity index (χ2n) is 6.91. The molecule has 7 nitrogen and oxygen atoms in total. The number of aromatic nitrogens is 3. The Labute approximate surface area is 158 Å². The molecule has 0 atom stereocenters. The van der Waals surface area contributed by atoms with Crippen LogP contribution in [-0.2, 0) is 6.54 Å². The number of aryl methyl sites for hydroxylation is 1. The lowest BCUT2D eigenvalue weighted by atomic mass is 10.1. The number of benzene rings is 1. The number of nitrogens with zero attached hydrogens (tertiary/aromatic N) is 4. The predicted octanol–water partition coefficient (Wildman–Crippen LogP) is 3.39. The van der Waals surface area contributed by atoms with Gasteiger partial charge in [0.2, 0.25) is 0 Å². The first kappa shape index (κ1) is 17.3. The molecule has 3 aromatic rings. The van der Waals surface area contributed by atoms with E-state index in [2.05, 4.69) is 46.8 Å². The van der Waals surface area contributed by atoms with Crippen molar-refractivity contribution < 1.29 is 9.21 Å². The molecule has 0 aliphatic carbocycles. The lowest BCUT2D eigenvalue weighted by molar-refractivity contribution is 0.167. The fraction of sp³-hybridized carbons (Fsp3) is 0.350. The number of rotatable bonds is 4. The summed E-state index contributed by atoms with van der Waals surface area (Å²) in [7, 11) is 0. The quantitative estimate of drug-likeness (QED) is 0.769. The van der Waals surface area contributed by atoms with Gasteiger partial charge in [0.05, 0.1) is 25.0 Å². The van der Waals surface area contributed by atoms with E-state index in [1.165, 1.54) is 5.56 Å².